The summed E-state index contributed by atoms with van der Waals surface area (Å²) in [6.07, 6.45) is 0.0345. The number of esters is 1. The highest BCUT2D eigenvalue weighted by Crippen LogP contribution is 2.24. The molecule has 30 heavy (non-hydrogen) atoms. The summed E-state index contributed by atoms with van der Waals surface area (Å²) in [6, 6.07) is 13.3. The number of nitrogens with one attached hydrogen (secondary N) is 1. The van der Waals surface area contributed by atoms with Gasteiger partial charge in [0, 0.05) is 11.3 Å². The Morgan fingerprint density at radius 3 is 2.07 bits per heavy atom. The number of ketones is 1. The molecule has 0 saturated carbocycles. The molecular formula is C22H27NO6S. The molecule has 0 fully saturated rings. The van der Waals surface area contributed by atoms with E-state index in [1.807, 2.05) is 12.1 Å². The second-order valence-corrected chi connectivity index (χ2v) is 9.76. The van der Waals surface area contributed by atoms with E-state index in [4.69, 9.17) is 9.47 Å². The van der Waals surface area contributed by atoms with Crippen LogP contribution in [0.2, 0.25) is 0 Å². The van der Waals surface area contributed by atoms with E-state index in [9.17, 15) is 18.0 Å². The number of anilines is 1. The quantitative estimate of drug-likeness (QED) is 0.505. The Labute approximate surface area is 177 Å². The molecule has 0 amide bonds. The summed E-state index contributed by atoms with van der Waals surface area (Å²) in [7, 11) is -3.40. The normalized spacial score (nSPS) is 12.7. The van der Waals surface area contributed by atoms with Gasteiger partial charge in [0.15, 0.2) is 12.7 Å². The fourth-order valence-electron chi connectivity index (χ4n) is 2.63. The van der Waals surface area contributed by atoms with E-state index in [1.165, 1.54) is 31.2 Å². The van der Waals surface area contributed by atoms with Gasteiger partial charge >= 0.3 is 5.97 Å². The van der Waals surface area contributed by atoms with Gasteiger partial charge in [0.1, 0.15) is 5.75 Å². The van der Waals surface area contributed by atoms with Gasteiger partial charge < -0.3 is 9.47 Å². The first-order valence-electron chi connectivity index (χ1n) is 9.40. The topological polar surface area (TPSA) is 98.8 Å². The number of hydrogen-bond acceptors (Lipinski definition) is 6. The first-order chi connectivity index (χ1) is 13.8. The Morgan fingerprint density at radius 2 is 1.57 bits per heavy atom. The van der Waals surface area contributed by atoms with E-state index >= 15 is 0 Å². The molecule has 1 atom stereocenters. The lowest BCUT2D eigenvalue weighted by Gasteiger charge is -2.19. The van der Waals surface area contributed by atoms with E-state index in [2.05, 4.69) is 25.5 Å². The number of ether oxygens (including phenoxy) is 2. The van der Waals surface area contributed by atoms with E-state index in [-0.39, 0.29) is 12.0 Å². The summed E-state index contributed by atoms with van der Waals surface area (Å²) in [5.41, 5.74) is 1.80. The average Bonchev–Trinajstić information content (AvgIpc) is 2.64. The van der Waals surface area contributed by atoms with Gasteiger partial charge in [0.2, 0.25) is 15.8 Å². The summed E-state index contributed by atoms with van der Waals surface area (Å²) >= 11 is 0. The first kappa shape index (κ1) is 23.4. The molecule has 1 N–H and O–H groups in total. The van der Waals surface area contributed by atoms with Crippen LogP contribution in [-0.2, 0) is 25.0 Å². The minimum atomic E-state index is -3.40. The Kier molecular flexibility index (Phi) is 7.25. The second-order valence-electron chi connectivity index (χ2n) is 8.01. The number of benzene rings is 2. The highest BCUT2D eigenvalue weighted by molar-refractivity contribution is 7.92. The van der Waals surface area contributed by atoms with Crippen LogP contribution in [0.15, 0.2) is 48.5 Å². The molecule has 2 rings (SSSR count). The lowest BCUT2D eigenvalue weighted by molar-refractivity contribution is -0.148. The molecule has 8 heteroatoms. The van der Waals surface area contributed by atoms with Crippen molar-refractivity contribution in [2.45, 2.75) is 39.2 Å². The van der Waals surface area contributed by atoms with Gasteiger partial charge in [0.05, 0.1) is 6.26 Å². The van der Waals surface area contributed by atoms with Crippen molar-refractivity contribution in [2.24, 2.45) is 0 Å². The molecule has 0 bridgehead atoms. The van der Waals surface area contributed by atoms with E-state index < -0.39 is 27.9 Å². The SMILES string of the molecule is CC(OC(=O)COc1ccc(C(C)(C)C)cc1)C(=O)c1ccc(NS(C)(=O)=O)cc1. The summed E-state index contributed by atoms with van der Waals surface area (Å²) in [5.74, 6) is -0.525. The fourth-order valence-corrected chi connectivity index (χ4v) is 3.19. The molecule has 0 radical (unpaired) electrons. The van der Waals surface area contributed by atoms with Crippen LogP contribution in [0.25, 0.3) is 0 Å². The molecule has 0 aliphatic heterocycles. The van der Waals surface area contributed by atoms with Crippen LogP contribution in [0, 0.1) is 0 Å². The monoisotopic (exact) mass is 433 g/mol. The number of rotatable bonds is 8. The van der Waals surface area contributed by atoms with Crippen LogP contribution < -0.4 is 9.46 Å². The summed E-state index contributed by atoms with van der Waals surface area (Å²) < 4.78 is 35.3. The number of sulfonamides is 1. The molecule has 7 nitrogen and oxygen atoms in total. The zero-order valence-electron chi connectivity index (χ0n) is 17.8. The third-order valence-corrected chi connectivity index (χ3v) is 4.83. The van der Waals surface area contributed by atoms with Crippen molar-refractivity contribution >= 4 is 27.5 Å². The zero-order valence-corrected chi connectivity index (χ0v) is 18.6. The highest BCUT2D eigenvalue weighted by Gasteiger charge is 2.20. The Balaban J connectivity index is 1.88. The molecule has 0 aliphatic carbocycles. The second kappa shape index (κ2) is 9.30. The van der Waals surface area contributed by atoms with Gasteiger partial charge in [0.25, 0.3) is 0 Å². The predicted molar refractivity (Wildman–Crippen MR) is 115 cm³/mol. The van der Waals surface area contributed by atoms with Gasteiger partial charge in [-0.25, -0.2) is 13.2 Å². The predicted octanol–water partition coefficient (Wildman–Crippen LogP) is 3.55. The molecule has 0 spiro atoms. The molecule has 0 aromatic heterocycles. The molecule has 0 saturated heterocycles. The summed E-state index contributed by atoms with van der Waals surface area (Å²) in [5, 5.41) is 0. The molecule has 0 heterocycles. The van der Waals surface area contributed by atoms with Crippen molar-refractivity contribution in [3.8, 4) is 5.75 Å². The van der Waals surface area contributed by atoms with E-state index in [1.54, 1.807) is 12.1 Å². The van der Waals surface area contributed by atoms with Crippen molar-refractivity contribution in [2.75, 3.05) is 17.6 Å². The maximum absolute atomic E-state index is 12.4. The average molecular weight is 434 g/mol. The number of Topliss-reactive ketones (excluding diaryl/α,β-unsaturated/α-hetero) is 1. The Morgan fingerprint density at radius 1 is 1.00 bits per heavy atom. The third-order valence-electron chi connectivity index (χ3n) is 4.23. The van der Waals surface area contributed by atoms with Crippen LogP contribution >= 0.6 is 0 Å². The maximum Gasteiger partial charge on any atom is 0.344 e. The third kappa shape index (κ3) is 7.18. The van der Waals surface area contributed by atoms with Crippen molar-refractivity contribution in [1.82, 2.24) is 0 Å². The van der Waals surface area contributed by atoms with Crippen LogP contribution in [0.5, 0.6) is 5.75 Å². The van der Waals surface area contributed by atoms with Gasteiger partial charge in [-0.2, -0.15) is 0 Å². The molecule has 2 aromatic rings. The standard InChI is InChI=1S/C22H27NO6S/c1-15(21(25)16-6-10-18(11-7-16)23-30(5,26)27)29-20(24)14-28-19-12-8-17(9-13-19)22(2,3)4/h6-13,15,23H,14H2,1-5H3. The molecular weight excluding hydrogens is 406 g/mol. The van der Waals surface area contributed by atoms with Crippen molar-refractivity contribution in [3.05, 3.63) is 59.7 Å². The fraction of sp³-hybridized carbons (Fsp3) is 0.364. The van der Waals surface area contributed by atoms with Gasteiger partial charge in [-0.15, -0.1) is 0 Å². The minimum Gasteiger partial charge on any atom is -0.482 e. The largest absolute Gasteiger partial charge is 0.482 e. The van der Waals surface area contributed by atoms with Crippen LogP contribution in [-0.4, -0.2) is 39.1 Å². The van der Waals surface area contributed by atoms with Gasteiger partial charge in [-0.3, -0.25) is 9.52 Å². The highest BCUT2D eigenvalue weighted by atomic mass is 32.2. The summed E-state index contributed by atoms with van der Waals surface area (Å²) in [6.45, 7) is 7.47. The number of hydrogen-bond donors (Lipinski definition) is 1. The lowest BCUT2D eigenvalue weighted by Crippen LogP contribution is -2.27. The van der Waals surface area contributed by atoms with Crippen molar-refractivity contribution in [3.63, 3.8) is 0 Å². The van der Waals surface area contributed by atoms with E-state index in [0.717, 1.165) is 11.8 Å². The minimum absolute atomic E-state index is 0.0202. The Bertz CT molecular complexity index is 989. The summed E-state index contributed by atoms with van der Waals surface area (Å²) in [4.78, 5) is 24.4. The lowest BCUT2D eigenvalue weighted by atomic mass is 9.87. The van der Waals surface area contributed by atoms with Crippen LogP contribution in [0.4, 0.5) is 5.69 Å². The van der Waals surface area contributed by atoms with Crippen LogP contribution in [0.3, 0.4) is 0 Å². The van der Waals surface area contributed by atoms with E-state index in [0.29, 0.717) is 17.0 Å². The van der Waals surface area contributed by atoms with Crippen LogP contribution in [0.1, 0.15) is 43.6 Å². The van der Waals surface area contributed by atoms with Crippen molar-refractivity contribution < 1.29 is 27.5 Å². The first-order valence-corrected chi connectivity index (χ1v) is 11.3. The smallest absolute Gasteiger partial charge is 0.344 e. The Hall–Kier alpha value is -2.87. The van der Waals surface area contributed by atoms with Crippen molar-refractivity contribution in [1.29, 1.82) is 0 Å². The molecule has 2 aromatic carbocycles. The maximum atomic E-state index is 12.4. The van der Waals surface area contributed by atoms with Gasteiger partial charge in [-0.1, -0.05) is 32.9 Å². The zero-order chi connectivity index (χ0) is 22.5. The number of carbonyl (C=O) groups is 2. The van der Waals surface area contributed by atoms with Gasteiger partial charge in [-0.05, 0) is 54.3 Å². The molecule has 162 valence electrons. The number of carbonyl (C=O) groups excluding carboxylic acids is 2. The molecule has 1 unspecified atom stereocenters. The molecule has 0 aliphatic rings.